The van der Waals surface area contributed by atoms with Crippen LogP contribution in [-0.4, -0.2) is 31.8 Å². The first kappa shape index (κ1) is 16.8. The third-order valence-electron chi connectivity index (χ3n) is 6.42. The average Bonchev–Trinajstić information content (AvgIpc) is 3.16. The number of para-hydroxylation sites is 1. The van der Waals surface area contributed by atoms with Gasteiger partial charge in [0.1, 0.15) is 17.8 Å². The van der Waals surface area contributed by atoms with Gasteiger partial charge in [0.05, 0.1) is 12.6 Å². The van der Waals surface area contributed by atoms with Crippen molar-refractivity contribution in [3.8, 4) is 5.75 Å². The Balaban J connectivity index is 1.61. The Kier molecular flexibility index (Phi) is 3.80. The number of ether oxygens (including phenoxy) is 2. The molecule has 3 aliphatic rings. The second-order valence-electron chi connectivity index (χ2n) is 8.05. The minimum absolute atomic E-state index is 0.118. The van der Waals surface area contributed by atoms with E-state index < -0.39 is 5.41 Å². The number of carbonyl (C=O) groups excluding carboxylic acids is 1. The predicted octanol–water partition coefficient (Wildman–Crippen LogP) is 3.90. The van der Waals surface area contributed by atoms with Crippen LogP contribution in [0.5, 0.6) is 5.75 Å². The van der Waals surface area contributed by atoms with Crippen LogP contribution < -0.4 is 9.64 Å². The van der Waals surface area contributed by atoms with Crippen molar-refractivity contribution >= 4 is 11.6 Å². The molecular weight excluding hydrogens is 338 g/mol. The number of anilines is 1. The first-order valence-corrected chi connectivity index (χ1v) is 9.89. The standard InChI is InChI=1S/C23H25NO3/c1-15-11-19-21(12-16(15)2)27-14-23(19)18-8-3-4-9-20(18)24(22(23)25)13-17-7-5-6-10-26-17/h3-4,8-9,11-12,17H,5-7,10,13-14H2,1-2H3. The van der Waals surface area contributed by atoms with Crippen LogP contribution in [-0.2, 0) is 14.9 Å². The van der Waals surface area contributed by atoms with Gasteiger partial charge in [-0.25, -0.2) is 0 Å². The first-order valence-electron chi connectivity index (χ1n) is 9.89. The van der Waals surface area contributed by atoms with Crippen molar-refractivity contribution < 1.29 is 14.3 Å². The number of amides is 1. The maximum Gasteiger partial charge on any atom is 0.245 e. The van der Waals surface area contributed by atoms with Gasteiger partial charge in [0.2, 0.25) is 5.91 Å². The summed E-state index contributed by atoms with van der Waals surface area (Å²) in [7, 11) is 0. The molecule has 1 fully saturated rings. The summed E-state index contributed by atoms with van der Waals surface area (Å²) in [4.78, 5) is 15.8. The maximum atomic E-state index is 13.8. The molecule has 1 saturated heterocycles. The Morgan fingerprint density at radius 2 is 1.93 bits per heavy atom. The molecule has 0 bridgehead atoms. The SMILES string of the molecule is Cc1cc2c(cc1C)C1(CO2)C(=O)N(CC2CCCCO2)c2ccccc21. The van der Waals surface area contributed by atoms with Gasteiger partial charge in [-0.05, 0) is 61.9 Å². The van der Waals surface area contributed by atoms with Crippen LogP contribution >= 0.6 is 0 Å². The lowest BCUT2D eigenvalue weighted by Gasteiger charge is -2.29. The maximum absolute atomic E-state index is 13.8. The third kappa shape index (κ3) is 2.36. The number of benzene rings is 2. The van der Waals surface area contributed by atoms with Gasteiger partial charge in [-0.2, -0.15) is 0 Å². The Labute approximate surface area is 160 Å². The summed E-state index contributed by atoms with van der Waals surface area (Å²) < 4.78 is 12.0. The Bertz CT molecular complexity index is 916. The van der Waals surface area contributed by atoms with Gasteiger partial charge in [0.15, 0.2) is 0 Å². The molecule has 2 unspecified atom stereocenters. The van der Waals surface area contributed by atoms with Crippen LogP contribution in [0.4, 0.5) is 5.69 Å². The molecule has 1 amide bonds. The smallest absolute Gasteiger partial charge is 0.245 e. The lowest BCUT2D eigenvalue weighted by atomic mass is 9.76. The predicted molar refractivity (Wildman–Crippen MR) is 105 cm³/mol. The van der Waals surface area contributed by atoms with Gasteiger partial charge >= 0.3 is 0 Å². The van der Waals surface area contributed by atoms with Crippen molar-refractivity contribution in [1.82, 2.24) is 0 Å². The molecule has 0 radical (unpaired) electrons. The number of fused-ring (bicyclic) bond motifs is 4. The Morgan fingerprint density at radius 1 is 1.11 bits per heavy atom. The largest absolute Gasteiger partial charge is 0.491 e. The fraction of sp³-hybridized carbons (Fsp3) is 0.435. The highest BCUT2D eigenvalue weighted by atomic mass is 16.5. The van der Waals surface area contributed by atoms with Gasteiger partial charge in [0, 0.05) is 17.9 Å². The van der Waals surface area contributed by atoms with Crippen molar-refractivity contribution in [3.63, 3.8) is 0 Å². The minimum atomic E-state index is -0.723. The van der Waals surface area contributed by atoms with E-state index in [9.17, 15) is 4.79 Å². The molecule has 27 heavy (non-hydrogen) atoms. The molecule has 4 nitrogen and oxygen atoms in total. The third-order valence-corrected chi connectivity index (χ3v) is 6.42. The van der Waals surface area contributed by atoms with Crippen LogP contribution in [0.1, 0.15) is 41.5 Å². The topological polar surface area (TPSA) is 38.8 Å². The quantitative estimate of drug-likeness (QED) is 0.812. The summed E-state index contributed by atoms with van der Waals surface area (Å²) in [6.45, 7) is 5.98. The number of carbonyl (C=O) groups is 1. The molecule has 2 aromatic rings. The van der Waals surface area contributed by atoms with E-state index in [1.807, 2.05) is 17.0 Å². The molecular formula is C23H25NO3. The molecule has 1 spiro atoms. The Hall–Kier alpha value is -2.33. The summed E-state index contributed by atoms with van der Waals surface area (Å²) in [5, 5.41) is 0. The summed E-state index contributed by atoms with van der Waals surface area (Å²) in [6, 6.07) is 12.4. The number of hydrogen-bond acceptors (Lipinski definition) is 3. The molecule has 3 aliphatic heterocycles. The second kappa shape index (κ2) is 6.10. The van der Waals surface area contributed by atoms with E-state index >= 15 is 0 Å². The molecule has 3 heterocycles. The highest BCUT2D eigenvalue weighted by Crippen LogP contribution is 2.52. The number of nitrogens with zero attached hydrogens (tertiary/aromatic N) is 1. The average molecular weight is 363 g/mol. The van der Waals surface area contributed by atoms with Crippen LogP contribution in [0.25, 0.3) is 0 Å². The molecule has 5 rings (SSSR count). The summed E-state index contributed by atoms with van der Waals surface area (Å²) in [5.74, 6) is 0.969. The monoisotopic (exact) mass is 363 g/mol. The first-order chi connectivity index (χ1) is 13.1. The van der Waals surface area contributed by atoms with Gasteiger partial charge in [-0.15, -0.1) is 0 Å². The van der Waals surface area contributed by atoms with Crippen molar-refractivity contribution in [3.05, 3.63) is 58.7 Å². The van der Waals surface area contributed by atoms with Crippen molar-refractivity contribution in [2.75, 3.05) is 24.7 Å². The van der Waals surface area contributed by atoms with Gasteiger partial charge in [-0.1, -0.05) is 24.3 Å². The summed E-state index contributed by atoms with van der Waals surface area (Å²) in [5.41, 5.74) is 4.74. The fourth-order valence-corrected chi connectivity index (χ4v) is 4.77. The zero-order valence-electron chi connectivity index (χ0n) is 16.0. The van der Waals surface area contributed by atoms with Gasteiger partial charge < -0.3 is 14.4 Å². The van der Waals surface area contributed by atoms with Crippen molar-refractivity contribution in [2.24, 2.45) is 0 Å². The van der Waals surface area contributed by atoms with Crippen molar-refractivity contribution in [2.45, 2.75) is 44.6 Å². The molecule has 0 aliphatic carbocycles. The van der Waals surface area contributed by atoms with E-state index in [-0.39, 0.29) is 12.0 Å². The zero-order chi connectivity index (χ0) is 18.6. The molecule has 140 valence electrons. The van der Waals surface area contributed by atoms with E-state index in [1.54, 1.807) is 0 Å². The van der Waals surface area contributed by atoms with Crippen LogP contribution in [0, 0.1) is 13.8 Å². The number of aryl methyl sites for hydroxylation is 2. The molecule has 0 saturated carbocycles. The van der Waals surface area contributed by atoms with Crippen molar-refractivity contribution in [1.29, 1.82) is 0 Å². The highest BCUT2D eigenvalue weighted by Gasteiger charge is 2.57. The van der Waals surface area contributed by atoms with E-state index in [1.165, 1.54) is 17.5 Å². The molecule has 4 heteroatoms. The van der Waals surface area contributed by atoms with Gasteiger partial charge in [-0.3, -0.25) is 4.79 Å². The summed E-state index contributed by atoms with van der Waals surface area (Å²) in [6.07, 6.45) is 3.42. The van der Waals surface area contributed by atoms with Crippen LogP contribution in [0.3, 0.4) is 0 Å². The summed E-state index contributed by atoms with van der Waals surface area (Å²) >= 11 is 0. The molecule has 0 N–H and O–H groups in total. The second-order valence-corrected chi connectivity index (χ2v) is 8.05. The number of rotatable bonds is 2. The van der Waals surface area contributed by atoms with Gasteiger partial charge in [0.25, 0.3) is 0 Å². The van der Waals surface area contributed by atoms with E-state index in [0.29, 0.717) is 13.2 Å². The molecule has 2 aromatic carbocycles. The molecule has 0 aromatic heterocycles. The molecule has 2 atom stereocenters. The van der Waals surface area contributed by atoms with E-state index in [0.717, 1.165) is 42.0 Å². The fourth-order valence-electron chi connectivity index (χ4n) is 4.77. The van der Waals surface area contributed by atoms with E-state index in [2.05, 4.69) is 38.1 Å². The zero-order valence-corrected chi connectivity index (χ0v) is 16.0. The Morgan fingerprint density at radius 3 is 2.74 bits per heavy atom. The minimum Gasteiger partial charge on any atom is -0.491 e. The highest BCUT2D eigenvalue weighted by molar-refractivity contribution is 6.11. The number of hydrogen-bond donors (Lipinski definition) is 0. The lowest BCUT2D eigenvalue weighted by molar-refractivity contribution is -0.122. The lowest BCUT2D eigenvalue weighted by Crippen LogP contribution is -2.45. The van der Waals surface area contributed by atoms with E-state index in [4.69, 9.17) is 9.47 Å². The normalized spacial score (nSPS) is 26.2. The van der Waals surface area contributed by atoms with Crippen LogP contribution in [0.15, 0.2) is 36.4 Å². The van der Waals surface area contributed by atoms with Crippen LogP contribution in [0.2, 0.25) is 0 Å².